The lowest BCUT2D eigenvalue weighted by atomic mass is 9.62. The number of carboxylic acid groups (broad SMARTS) is 1. The molecule has 4 atom stereocenters. The summed E-state index contributed by atoms with van der Waals surface area (Å²) in [6.45, 7) is 3.98. The first-order chi connectivity index (χ1) is 15.3. The number of nitrogens with one attached hydrogen (secondary N) is 1. The Hall–Kier alpha value is -2.93. The monoisotopic (exact) mass is 453 g/mol. The van der Waals surface area contributed by atoms with Gasteiger partial charge in [0, 0.05) is 10.4 Å². The molecule has 3 aliphatic rings. The number of thiophene rings is 1. The molecule has 32 heavy (non-hydrogen) atoms. The van der Waals surface area contributed by atoms with Gasteiger partial charge in [-0.3, -0.25) is 9.59 Å². The molecule has 1 saturated carbocycles. The number of aryl methyl sites for hydroxylation is 2. The van der Waals surface area contributed by atoms with Crippen LogP contribution in [0.1, 0.15) is 40.6 Å². The van der Waals surface area contributed by atoms with Crippen molar-refractivity contribution in [2.45, 2.75) is 33.1 Å². The van der Waals surface area contributed by atoms with Gasteiger partial charge >= 0.3 is 11.9 Å². The SMILES string of the molecule is CCc1ccc(-c2c(C)sc(NC(=O)[C@@H]3[C@@H](C(=O)O)[C@H]4C=C[C@@H]3CC4)c2C(=O)OC)cc1. The Morgan fingerprint density at radius 2 is 1.72 bits per heavy atom. The predicted molar refractivity (Wildman–Crippen MR) is 124 cm³/mol. The minimum atomic E-state index is -0.948. The average Bonchev–Trinajstić information content (AvgIpc) is 3.13. The molecule has 1 aromatic carbocycles. The van der Waals surface area contributed by atoms with Gasteiger partial charge in [-0.15, -0.1) is 11.3 Å². The number of rotatable bonds is 6. The van der Waals surface area contributed by atoms with Gasteiger partial charge in [0.25, 0.3) is 0 Å². The van der Waals surface area contributed by atoms with Crippen LogP contribution in [0.3, 0.4) is 0 Å². The van der Waals surface area contributed by atoms with Crippen molar-refractivity contribution in [3.05, 3.63) is 52.4 Å². The zero-order valence-electron chi connectivity index (χ0n) is 18.4. The van der Waals surface area contributed by atoms with Crippen molar-refractivity contribution in [1.82, 2.24) is 0 Å². The van der Waals surface area contributed by atoms with Crippen LogP contribution in [0.15, 0.2) is 36.4 Å². The van der Waals surface area contributed by atoms with E-state index in [-0.39, 0.29) is 17.7 Å². The van der Waals surface area contributed by atoms with Crippen LogP contribution in [0.2, 0.25) is 0 Å². The van der Waals surface area contributed by atoms with Gasteiger partial charge < -0.3 is 15.2 Å². The third-order valence-corrected chi connectivity index (χ3v) is 7.72. The fourth-order valence-electron chi connectivity index (χ4n) is 5.07. The molecule has 0 saturated heterocycles. The van der Waals surface area contributed by atoms with Crippen LogP contribution in [0.5, 0.6) is 0 Å². The van der Waals surface area contributed by atoms with Gasteiger partial charge in [-0.25, -0.2) is 4.79 Å². The molecular weight excluding hydrogens is 426 g/mol. The van der Waals surface area contributed by atoms with E-state index in [1.165, 1.54) is 24.0 Å². The standard InChI is InChI=1S/C25H27NO5S/c1-4-14-5-7-15(8-6-14)18-13(2)32-23(21(18)25(30)31-3)26-22(27)19-16-9-11-17(12-10-16)20(19)24(28)29/h5-9,11,16-17,19-20H,4,10,12H2,1-3H3,(H,26,27)(H,28,29)/t16-,17+,19+,20+/m1/s1. The number of fused-ring (bicyclic) bond motifs is 2. The number of carbonyl (C=O) groups excluding carboxylic acids is 2. The number of hydrogen-bond donors (Lipinski definition) is 2. The molecule has 0 unspecified atom stereocenters. The van der Waals surface area contributed by atoms with E-state index in [9.17, 15) is 19.5 Å². The van der Waals surface area contributed by atoms with Gasteiger partial charge in [0.15, 0.2) is 0 Å². The number of esters is 1. The molecule has 1 aromatic heterocycles. The van der Waals surface area contributed by atoms with E-state index >= 15 is 0 Å². The number of ether oxygens (including phenoxy) is 1. The number of benzene rings is 1. The Kier molecular flexibility index (Phi) is 6.20. The van der Waals surface area contributed by atoms with Crippen LogP contribution < -0.4 is 5.32 Å². The van der Waals surface area contributed by atoms with E-state index in [1.807, 2.05) is 43.3 Å². The Morgan fingerprint density at radius 3 is 2.25 bits per heavy atom. The molecule has 1 fully saturated rings. The highest BCUT2D eigenvalue weighted by molar-refractivity contribution is 7.17. The molecule has 1 amide bonds. The summed E-state index contributed by atoms with van der Waals surface area (Å²) in [5.74, 6) is -3.47. The summed E-state index contributed by atoms with van der Waals surface area (Å²) >= 11 is 1.31. The van der Waals surface area contributed by atoms with E-state index in [0.29, 0.717) is 10.6 Å². The lowest BCUT2D eigenvalue weighted by molar-refractivity contribution is -0.151. The first kappa shape index (κ1) is 22.3. The molecule has 0 aliphatic heterocycles. The van der Waals surface area contributed by atoms with E-state index in [1.54, 1.807) is 0 Å². The maximum Gasteiger partial charge on any atom is 0.341 e. The van der Waals surface area contributed by atoms with Crippen LogP contribution in [0, 0.1) is 30.6 Å². The molecule has 5 rings (SSSR count). The summed E-state index contributed by atoms with van der Waals surface area (Å²) < 4.78 is 5.04. The minimum absolute atomic E-state index is 0.107. The number of allylic oxidation sites excluding steroid dienone is 2. The number of methoxy groups -OCH3 is 1. The average molecular weight is 454 g/mol. The van der Waals surface area contributed by atoms with Crippen molar-refractivity contribution in [1.29, 1.82) is 0 Å². The second-order valence-electron chi connectivity index (χ2n) is 8.45. The summed E-state index contributed by atoms with van der Waals surface area (Å²) in [5.41, 5.74) is 3.12. The Balaban J connectivity index is 1.71. The highest BCUT2D eigenvalue weighted by Gasteiger charge is 2.48. The molecule has 0 radical (unpaired) electrons. The summed E-state index contributed by atoms with van der Waals surface area (Å²) in [6.07, 6.45) is 6.40. The van der Waals surface area contributed by atoms with Crippen LogP contribution in [-0.4, -0.2) is 30.1 Å². The van der Waals surface area contributed by atoms with Crippen LogP contribution in [-0.2, 0) is 20.7 Å². The number of hydrogen-bond acceptors (Lipinski definition) is 5. The van der Waals surface area contributed by atoms with Gasteiger partial charge in [-0.2, -0.15) is 0 Å². The molecule has 2 bridgehead atoms. The number of carboxylic acids is 1. The van der Waals surface area contributed by atoms with Crippen LogP contribution in [0.25, 0.3) is 11.1 Å². The maximum atomic E-state index is 13.3. The molecule has 0 spiro atoms. The lowest BCUT2D eigenvalue weighted by Crippen LogP contribution is -2.47. The van der Waals surface area contributed by atoms with E-state index in [4.69, 9.17) is 4.74 Å². The van der Waals surface area contributed by atoms with Crippen molar-refractivity contribution in [3.63, 3.8) is 0 Å². The Bertz CT molecular complexity index is 1080. The van der Waals surface area contributed by atoms with Crippen molar-refractivity contribution in [3.8, 4) is 11.1 Å². The largest absolute Gasteiger partial charge is 0.481 e. The highest BCUT2D eigenvalue weighted by atomic mass is 32.1. The Morgan fingerprint density at radius 1 is 1.09 bits per heavy atom. The predicted octanol–water partition coefficient (Wildman–Crippen LogP) is 4.92. The van der Waals surface area contributed by atoms with Gasteiger partial charge in [0.05, 0.1) is 18.9 Å². The van der Waals surface area contributed by atoms with Crippen molar-refractivity contribution in [2.75, 3.05) is 12.4 Å². The number of anilines is 1. The number of amides is 1. The molecular formula is C25H27NO5S. The van der Waals surface area contributed by atoms with Gasteiger partial charge in [-0.05, 0) is 49.1 Å². The molecule has 2 aromatic rings. The molecule has 1 heterocycles. The normalized spacial score (nSPS) is 23.7. The minimum Gasteiger partial charge on any atom is -0.481 e. The quantitative estimate of drug-likeness (QED) is 0.478. The fourth-order valence-corrected chi connectivity index (χ4v) is 6.13. The summed E-state index contributed by atoms with van der Waals surface area (Å²) in [5, 5.41) is 13.1. The summed E-state index contributed by atoms with van der Waals surface area (Å²) in [4.78, 5) is 38.9. The van der Waals surface area contributed by atoms with Crippen molar-refractivity contribution in [2.24, 2.45) is 23.7 Å². The van der Waals surface area contributed by atoms with Crippen LogP contribution in [0.4, 0.5) is 5.00 Å². The zero-order valence-corrected chi connectivity index (χ0v) is 19.2. The van der Waals surface area contributed by atoms with E-state index in [0.717, 1.165) is 35.3 Å². The Labute approximate surface area is 191 Å². The van der Waals surface area contributed by atoms with Gasteiger partial charge in [0.1, 0.15) is 10.6 Å². The highest BCUT2D eigenvalue weighted by Crippen LogP contribution is 2.46. The smallest absolute Gasteiger partial charge is 0.341 e. The van der Waals surface area contributed by atoms with Crippen LogP contribution >= 0.6 is 11.3 Å². The molecule has 168 valence electrons. The topological polar surface area (TPSA) is 92.7 Å². The van der Waals surface area contributed by atoms with Gasteiger partial charge in [0.2, 0.25) is 5.91 Å². The fraction of sp³-hybridized carbons (Fsp3) is 0.400. The third kappa shape index (κ3) is 3.86. The molecule has 3 aliphatic carbocycles. The lowest BCUT2D eigenvalue weighted by Gasteiger charge is -2.41. The number of aliphatic carboxylic acids is 1. The summed E-state index contributed by atoms with van der Waals surface area (Å²) in [7, 11) is 1.32. The van der Waals surface area contributed by atoms with Crippen molar-refractivity contribution >= 4 is 34.2 Å². The van der Waals surface area contributed by atoms with Crippen molar-refractivity contribution < 1.29 is 24.2 Å². The molecule has 6 nitrogen and oxygen atoms in total. The first-order valence-corrected chi connectivity index (χ1v) is 11.7. The second kappa shape index (κ2) is 8.90. The third-order valence-electron chi connectivity index (χ3n) is 6.70. The molecule has 2 N–H and O–H groups in total. The summed E-state index contributed by atoms with van der Waals surface area (Å²) in [6, 6.07) is 7.98. The maximum absolute atomic E-state index is 13.3. The van der Waals surface area contributed by atoms with E-state index in [2.05, 4.69) is 12.2 Å². The molecule has 7 heteroatoms. The second-order valence-corrected chi connectivity index (χ2v) is 9.67. The van der Waals surface area contributed by atoms with Gasteiger partial charge in [-0.1, -0.05) is 43.3 Å². The zero-order chi connectivity index (χ0) is 23.0. The van der Waals surface area contributed by atoms with E-state index < -0.39 is 23.8 Å². The number of carbonyl (C=O) groups is 3. The first-order valence-electron chi connectivity index (χ1n) is 10.9.